The number of ether oxygens (including phenoxy) is 1. The minimum Gasteiger partial charge on any atom is -0.497 e. The van der Waals surface area contributed by atoms with Gasteiger partial charge in [-0.3, -0.25) is 0 Å². The van der Waals surface area contributed by atoms with Gasteiger partial charge in [-0.1, -0.05) is 0 Å². The molecule has 0 amide bonds. The van der Waals surface area contributed by atoms with Crippen LogP contribution in [0.2, 0.25) is 0 Å². The number of benzene rings is 1. The van der Waals surface area contributed by atoms with Gasteiger partial charge >= 0.3 is 0 Å². The van der Waals surface area contributed by atoms with E-state index in [1.807, 2.05) is 48.3 Å². The van der Waals surface area contributed by atoms with Crippen molar-refractivity contribution < 1.29 is 9.15 Å². The Hall–Kier alpha value is -2.60. The molecule has 0 saturated carbocycles. The topological polar surface area (TPSA) is 50.9 Å². The molecular formula is C19H19N3O2S. The third-order valence-corrected chi connectivity index (χ3v) is 5.48. The van der Waals surface area contributed by atoms with Crippen LogP contribution in [-0.4, -0.2) is 17.8 Å². The predicted octanol–water partition coefficient (Wildman–Crippen LogP) is 4.72. The van der Waals surface area contributed by atoms with Crippen LogP contribution in [0.3, 0.4) is 0 Å². The standard InChI is InChI=1S/C19H19N3O2S/c1-12-13(2)25-19(20-12)22-17(18-5-4-10-24-18)11-16(21-22)14-6-8-15(23-3)9-7-14/h4-10,17H,11H2,1-3H3/t17-/m1/s1. The Morgan fingerprint density at radius 3 is 2.60 bits per heavy atom. The largest absolute Gasteiger partial charge is 0.497 e. The van der Waals surface area contributed by atoms with E-state index in [2.05, 4.69) is 11.9 Å². The van der Waals surface area contributed by atoms with E-state index in [0.29, 0.717) is 0 Å². The number of aryl methyl sites for hydroxylation is 2. The first-order chi connectivity index (χ1) is 12.2. The summed E-state index contributed by atoms with van der Waals surface area (Å²) in [6.07, 6.45) is 2.48. The Kier molecular flexibility index (Phi) is 4.05. The van der Waals surface area contributed by atoms with Crippen molar-refractivity contribution in [2.45, 2.75) is 26.3 Å². The van der Waals surface area contributed by atoms with Crippen molar-refractivity contribution in [2.24, 2.45) is 5.10 Å². The zero-order chi connectivity index (χ0) is 17.4. The number of methoxy groups -OCH3 is 1. The Labute approximate surface area is 150 Å². The maximum atomic E-state index is 5.67. The van der Waals surface area contributed by atoms with Crippen LogP contribution in [0.5, 0.6) is 5.75 Å². The number of thiazole rings is 1. The molecule has 0 radical (unpaired) electrons. The summed E-state index contributed by atoms with van der Waals surface area (Å²) >= 11 is 1.66. The minimum atomic E-state index is 0.0250. The summed E-state index contributed by atoms with van der Waals surface area (Å²) in [5.41, 5.74) is 3.16. The van der Waals surface area contributed by atoms with Crippen molar-refractivity contribution in [1.29, 1.82) is 0 Å². The van der Waals surface area contributed by atoms with Gasteiger partial charge < -0.3 is 9.15 Å². The van der Waals surface area contributed by atoms with Gasteiger partial charge in [0.15, 0.2) is 0 Å². The number of hydrogen-bond acceptors (Lipinski definition) is 6. The van der Waals surface area contributed by atoms with Gasteiger partial charge in [0.05, 0.1) is 24.8 Å². The van der Waals surface area contributed by atoms with E-state index in [9.17, 15) is 0 Å². The van der Waals surface area contributed by atoms with E-state index in [0.717, 1.165) is 40.0 Å². The molecule has 1 aliphatic rings. The molecule has 1 atom stereocenters. The van der Waals surface area contributed by atoms with E-state index < -0.39 is 0 Å². The zero-order valence-electron chi connectivity index (χ0n) is 14.4. The molecule has 3 heterocycles. The molecular weight excluding hydrogens is 334 g/mol. The van der Waals surface area contributed by atoms with E-state index >= 15 is 0 Å². The monoisotopic (exact) mass is 353 g/mol. The molecule has 1 aliphatic heterocycles. The molecule has 0 bridgehead atoms. The molecule has 4 rings (SSSR count). The second-order valence-electron chi connectivity index (χ2n) is 5.99. The van der Waals surface area contributed by atoms with Crippen molar-refractivity contribution in [3.8, 4) is 5.75 Å². The normalized spacial score (nSPS) is 17.0. The molecule has 6 heteroatoms. The number of furan rings is 1. The maximum Gasteiger partial charge on any atom is 0.207 e. The zero-order valence-corrected chi connectivity index (χ0v) is 15.2. The molecule has 1 aromatic carbocycles. The Morgan fingerprint density at radius 2 is 2.00 bits per heavy atom. The molecule has 128 valence electrons. The van der Waals surface area contributed by atoms with Gasteiger partial charge in [0.1, 0.15) is 17.6 Å². The average molecular weight is 353 g/mol. The fourth-order valence-electron chi connectivity index (χ4n) is 2.90. The lowest BCUT2D eigenvalue weighted by molar-refractivity contribution is 0.415. The smallest absolute Gasteiger partial charge is 0.207 e. The maximum absolute atomic E-state index is 5.67. The van der Waals surface area contributed by atoms with E-state index in [1.165, 1.54) is 4.88 Å². The first-order valence-electron chi connectivity index (χ1n) is 8.14. The van der Waals surface area contributed by atoms with Crippen LogP contribution in [-0.2, 0) is 0 Å². The second-order valence-corrected chi connectivity index (χ2v) is 7.17. The van der Waals surface area contributed by atoms with E-state index in [1.54, 1.807) is 24.7 Å². The SMILES string of the molecule is COc1ccc(C2=NN(c3nc(C)c(C)s3)[C@@H](c3ccco3)C2)cc1. The van der Waals surface area contributed by atoms with Gasteiger partial charge in [0.2, 0.25) is 5.13 Å². The summed E-state index contributed by atoms with van der Waals surface area (Å²) in [7, 11) is 1.67. The Morgan fingerprint density at radius 1 is 1.20 bits per heavy atom. The molecule has 0 aliphatic carbocycles. The van der Waals surface area contributed by atoms with Crippen LogP contribution < -0.4 is 9.75 Å². The van der Waals surface area contributed by atoms with Gasteiger partial charge in [-0.15, -0.1) is 11.3 Å². The first-order valence-corrected chi connectivity index (χ1v) is 8.96. The van der Waals surface area contributed by atoms with Crippen LogP contribution in [0.25, 0.3) is 0 Å². The summed E-state index contributed by atoms with van der Waals surface area (Å²) in [6, 6.07) is 11.9. The highest BCUT2D eigenvalue weighted by Crippen LogP contribution is 2.39. The second kappa shape index (κ2) is 6.37. The van der Waals surface area contributed by atoms with Gasteiger partial charge in [-0.25, -0.2) is 9.99 Å². The van der Waals surface area contributed by atoms with Gasteiger partial charge in [0.25, 0.3) is 0 Å². The quantitative estimate of drug-likeness (QED) is 0.681. The Bertz CT molecular complexity index is 878. The van der Waals surface area contributed by atoms with Crippen molar-refractivity contribution in [3.05, 3.63) is 64.6 Å². The summed E-state index contributed by atoms with van der Waals surface area (Å²) < 4.78 is 10.9. The minimum absolute atomic E-state index is 0.0250. The van der Waals surface area contributed by atoms with Crippen LogP contribution in [0.15, 0.2) is 52.2 Å². The summed E-state index contributed by atoms with van der Waals surface area (Å²) in [6.45, 7) is 4.12. The van der Waals surface area contributed by atoms with Crippen molar-refractivity contribution in [1.82, 2.24) is 4.98 Å². The van der Waals surface area contributed by atoms with Gasteiger partial charge in [-0.2, -0.15) is 5.10 Å². The number of hydrogen-bond donors (Lipinski definition) is 0. The molecule has 5 nitrogen and oxygen atoms in total. The molecule has 0 fully saturated rings. The predicted molar refractivity (Wildman–Crippen MR) is 99.7 cm³/mol. The van der Waals surface area contributed by atoms with Crippen molar-refractivity contribution in [2.75, 3.05) is 12.1 Å². The van der Waals surface area contributed by atoms with Gasteiger partial charge in [-0.05, 0) is 55.8 Å². The molecule has 0 N–H and O–H groups in total. The number of anilines is 1. The fourth-order valence-corrected chi connectivity index (χ4v) is 3.81. The summed E-state index contributed by atoms with van der Waals surface area (Å²) in [4.78, 5) is 5.89. The molecule has 0 unspecified atom stereocenters. The molecule has 0 spiro atoms. The summed E-state index contributed by atoms with van der Waals surface area (Å²) in [5, 5.41) is 7.76. The highest BCUT2D eigenvalue weighted by atomic mass is 32.1. The van der Waals surface area contributed by atoms with Crippen LogP contribution >= 0.6 is 11.3 Å². The fraction of sp³-hybridized carbons (Fsp3) is 0.263. The lowest BCUT2D eigenvalue weighted by Gasteiger charge is -2.18. The highest BCUT2D eigenvalue weighted by molar-refractivity contribution is 7.15. The average Bonchev–Trinajstić information content (AvgIpc) is 3.35. The van der Waals surface area contributed by atoms with E-state index in [-0.39, 0.29) is 6.04 Å². The third kappa shape index (κ3) is 2.93. The van der Waals surface area contributed by atoms with E-state index in [4.69, 9.17) is 14.3 Å². The number of hydrazone groups is 1. The number of nitrogens with zero attached hydrogens (tertiary/aromatic N) is 3. The van der Waals surface area contributed by atoms with Crippen molar-refractivity contribution in [3.63, 3.8) is 0 Å². The third-order valence-electron chi connectivity index (χ3n) is 4.42. The Balaban J connectivity index is 1.72. The molecule has 2 aromatic heterocycles. The van der Waals surface area contributed by atoms with Crippen LogP contribution in [0, 0.1) is 13.8 Å². The van der Waals surface area contributed by atoms with Crippen LogP contribution in [0.1, 0.15) is 34.4 Å². The highest BCUT2D eigenvalue weighted by Gasteiger charge is 2.33. The number of rotatable bonds is 4. The summed E-state index contributed by atoms with van der Waals surface area (Å²) in [5.74, 6) is 1.74. The molecule has 25 heavy (non-hydrogen) atoms. The lowest BCUT2D eigenvalue weighted by Crippen LogP contribution is -2.17. The van der Waals surface area contributed by atoms with Crippen molar-refractivity contribution >= 4 is 22.2 Å². The first kappa shape index (κ1) is 15.9. The van der Waals surface area contributed by atoms with Gasteiger partial charge in [0, 0.05) is 11.3 Å². The lowest BCUT2D eigenvalue weighted by atomic mass is 10.0. The molecule has 0 saturated heterocycles. The molecule has 3 aromatic rings. The number of aromatic nitrogens is 1. The van der Waals surface area contributed by atoms with Crippen LogP contribution in [0.4, 0.5) is 5.13 Å².